The van der Waals surface area contributed by atoms with Crippen LogP contribution in [0.4, 0.5) is 11.5 Å². The number of rotatable bonds is 17. The molecule has 4 aliphatic rings. The fourth-order valence-electron chi connectivity index (χ4n) is 8.85. The highest BCUT2D eigenvalue weighted by Gasteiger charge is 2.40. The molecule has 308 valence electrons. The number of piperidine rings is 1. The van der Waals surface area contributed by atoms with Crippen LogP contribution in [0.3, 0.4) is 0 Å². The number of morpholine rings is 1. The third-order valence-corrected chi connectivity index (χ3v) is 12.2. The van der Waals surface area contributed by atoms with Gasteiger partial charge in [-0.05, 0) is 91.4 Å². The normalized spacial score (nSPS) is 18.4. The maximum absolute atomic E-state index is 13.4. The predicted molar refractivity (Wildman–Crippen MR) is 222 cm³/mol. The molecular weight excluding hydrogens is 721 g/mol. The van der Waals surface area contributed by atoms with Crippen LogP contribution in [0.15, 0.2) is 54.7 Å². The smallest absolute Gasteiger partial charge is 0.262 e. The van der Waals surface area contributed by atoms with E-state index in [2.05, 4.69) is 75.6 Å². The highest BCUT2D eigenvalue weighted by Crippen LogP contribution is 2.39. The second-order valence-corrected chi connectivity index (χ2v) is 16.6. The molecule has 1 aromatic heterocycles. The van der Waals surface area contributed by atoms with Gasteiger partial charge in [-0.1, -0.05) is 57.0 Å². The largest absolute Gasteiger partial charge is 0.506 e. The van der Waals surface area contributed by atoms with E-state index < -0.39 is 0 Å². The number of phenolic OH excluding ortho intramolecular Hbond substituents is 1. The van der Waals surface area contributed by atoms with Gasteiger partial charge in [0.1, 0.15) is 17.3 Å². The number of pyridine rings is 1. The molecule has 2 aromatic carbocycles. The van der Waals surface area contributed by atoms with Crippen LogP contribution in [0.2, 0.25) is 0 Å². The summed E-state index contributed by atoms with van der Waals surface area (Å²) in [5.41, 5.74) is 5.06. The van der Waals surface area contributed by atoms with E-state index in [1.54, 1.807) is 6.07 Å². The number of ether oxygens (including phenoxy) is 3. The number of likely N-dealkylation sites (tertiary alicyclic amines) is 1. The molecule has 57 heavy (non-hydrogen) atoms. The minimum Gasteiger partial charge on any atom is -0.506 e. The Hall–Kier alpha value is -4.23. The summed E-state index contributed by atoms with van der Waals surface area (Å²) in [6, 6.07) is 16.9. The van der Waals surface area contributed by atoms with E-state index in [9.17, 15) is 14.7 Å². The average molecular weight is 783 g/mol. The molecule has 12 nitrogen and oxygen atoms in total. The van der Waals surface area contributed by atoms with Crippen LogP contribution in [0.25, 0.3) is 0 Å². The van der Waals surface area contributed by atoms with Crippen LogP contribution < -0.4 is 20.3 Å². The number of nitrogens with one attached hydrogen (secondary N) is 2. The summed E-state index contributed by atoms with van der Waals surface area (Å²) in [5.74, 6) is 1.97. The number of phenols is 1. The van der Waals surface area contributed by atoms with Crippen LogP contribution in [0.5, 0.6) is 11.5 Å². The highest BCUT2D eigenvalue weighted by atomic mass is 16.5. The predicted octanol–water partition coefficient (Wildman–Crippen LogP) is 5.67. The first-order valence-corrected chi connectivity index (χ1v) is 21.3. The lowest BCUT2D eigenvalue weighted by atomic mass is 9.89. The van der Waals surface area contributed by atoms with Crippen LogP contribution in [-0.4, -0.2) is 116 Å². The van der Waals surface area contributed by atoms with Crippen LogP contribution in [-0.2, 0) is 38.4 Å². The average Bonchev–Trinajstić information content (AvgIpc) is 3.76. The number of benzene rings is 2. The molecule has 3 aliphatic heterocycles. The van der Waals surface area contributed by atoms with Crippen molar-refractivity contribution in [3.8, 4) is 11.5 Å². The summed E-state index contributed by atoms with van der Waals surface area (Å²) in [6.45, 7) is 12.9. The zero-order chi connectivity index (χ0) is 39.6. The zero-order valence-electron chi connectivity index (χ0n) is 34.0. The minimum atomic E-state index is -0.275. The molecule has 4 heterocycles. The Labute approximate surface area is 338 Å². The van der Waals surface area contributed by atoms with E-state index >= 15 is 0 Å². The molecule has 3 N–H and O–H groups in total. The van der Waals surface area contributed by atoms with E-state index in [0.717, 1.165) is 95.7 Å². The fraction of sp³-hybridized carbons (Fsp3) is 0.578. The molecule has 0 bridgehead atoms. The number of nitrogens with zero attached hydrogens (tertiary/aromatic N) is 4. The first kappa shape index (κ1) is 40.9. The summed E-state index contributed by atoms with van der Waals surface area (Å²) in [5, 5.41) is 16.3. The van der Waals surface area contributed by atoms with Crippen molar-refractivity contribution in [1.82, 2.24) is 20.1 Å². The van der Waals surface area contributed by atoms with Crippen molar-refractivity contribution in [1.29, 1.82) is 0 Å². The number of hydrogen-bond donors (Lipinski definition) is 3. The van der Waals surface area contributed by atoms with Crippen LogP contribution in [0, 0.1) is 0 Å². The Balaban J connectivity index is 0.806. The van der Waals surface area contributed by atoms with Crippen LogP contribution in [0.1, 0.15) is 87.0 Å². The number of aromatic hydroxyl groups is 1. The van der Waals surface area contributed by atoms with E-state index in [4.69, 9.17) is 19.2 Å². The van der Waals surface area contributed by atoms with Gasteiger partial charge >= 0.3 is 0 Å². The quantitative estimate of drug-likeness (QED) is 0.117. The van der Waals surface area contributed by atoms with Gasteiger partial charge in [-0.15, -0.1) is 0 Å². The summed E-state index contributed by atoms with van der Waals surface area (Å²) < 4.78 is 18.1. The van der Waals surface area contributed by atoms with Gasteiger partial charge in [0.25, 0.3) is 5.91 Å². The lowest BCUT2D eigenvalue weighted by molar-refractivity contribution is -0.134. The van der Waals surface area contributed by atoms with E-state index in [0.29, 0.717) is 69.1 Å². The summed E-state index contributed by atoms with van der Waals surface area (Å²) in [4.78, 5) is 36.9. The van der Waals surface area contributed by atoms with Crippen molar-refractivity contribution >= 4 is 23.3 Å². The lowest BCUT2D eigenvalue weighted by Crippen LogP contribution is -2.57. The standard InChI is InChI=1S/C45H62N6O6/c1-33(2)37-13-19-47-40(29-37)50-24-27-57-45(32-50)16-21-49(22-17-45)30-35-7-5-6-34(28-35)14-25-55-26-15-42(54)51(38-8-3-4-9-38)23-20-46-18-12-36-10-11-39(52)43-44(36)56-31-41(53)48-43/h5-7,10-11,13,19,28-29,33,38,46,52H,3-4,8-9,12,14-18,20-27,30-32H2,1-2H3,(H,48,53). The second kappa shape index (κ2) is 19.5. The van der Waals surface area contributed by atoms with Gasteiger partial charge in [0.2, 0.25) is 5.91 Å². The maximum Gasteiger partial charge on any atom is 0.262 e. The number of aromatic nitrogens is 1. The molecular formula is C45H62N6O6. The summed E-state index contributed by atoms with van der Waals surface area (Å²) in [7, 11) is 0. The third-order valence-electron chi connectivity index (χ3n) is 12.2. The molecule has 0 unspecified atom stereocenters. The Morgan fingerprint density at radius 3 is 2.70 bits per heavy atom. The van der Waals surface area contributed by atoms with E-state index in [1.807, 2.05) is 12.3 Å². The Bertz CT molecular complexity index is 1810. The van der Waals surface area contributed by atoms with Crippen molar-refractivity contribution in [2.75, 3.05) is 82.5 Å². The molecule has 0 radical (unpaired) electrons. The van der Waals surface area contributed by atoms with Gasteiger partial charge in [-0.25, -0.2) is 4.98 Å². The number of anilines is 2. The molecule has 2 saturated heterocycles. The van der Waals surface area contributed by atoms with Gasteiger partial charge in [0.15, 0.2) is 12.4 Å². The number of fused-ring (bicyclic) bond motifs is 1. The minimum absolute atomic E-state index is 0.000913. The maximum atomic E-state index is 13.4. The van der Waals surface area contributed by atoms with Crippen molar-refractivity contribution in [2.24, 2.45) is 0 Å². The third kappa shape index (κ3) is 10.8. The molecule has 0 atom stereocenters. The zero-order valence-corrected chi connectivity index (χ0v) is 34.0. The summed E-state index contributed by atoms with van der Waals surface area (Å²) in [6.07, 6.45) is 10.3. The number of carbonyl (C=O) groups is 2. The Morgan fingerprint density at radius 1 is 1.05 bits per heavy atom. The molecule has 1 saturated carbocycles. The molecule has 1 spiro atoms. The summed E-state index contributed by atoms with van der Waals surface area (Å²) >= 11 is 0. The van der Waals surface area contributed by atoms with Gasteiger partial charge in [0, 0.05) is 58.1 Å². The van der Waals surface area contributed by atoms with Gasteiger partial charge in [-0.2, -0.15) is 0 Å². The molecule has 3 fully saturated rings. The first-order chi connectivity index (χ1) is 27.7. The van der Waals surface area contributed by atoms with E-state index in [1.165, 1.54) is 16.7 Å². The number of carbonyl (C=O) groups excluding carboxylic acids is 2. The SMILES string of the molecule is CC(C)c1ccnc(N2CCOC3(CCN(Cc4cccc(CCOCCC(=O)N(CCNCCc5ccc(O)c6c5OCC(=O)N6)C5CCCC5)c4)CC3)C2)c1. The monoisotopic (exact) mass is 782 g/mol. The molecule has 2 amide bonds. The highest BCUT2D eigenvalue weighted by molar-refractivity contribution is 5.97. The molecule has 7 rings (SSSR count). The van der Waals surface area contributed by atoms with Gasteiger partial charge < -0.3 is 39.8 Å². The number of hydrogen-bond acceptors (Lipinski definition) is 10. The van der Waals surface area contributed by atoms with Crippen molar-refractivity contribution in [3.63, 3.8) is 0 Å². The number of amides is 2. The van der Waals surface area contributed by atoms with Gasteiger partial charge in [0.05, 0.1) is 31.8 Å². The van der Waals surface area contributed by atoms with E-state index in [-0.39, 0.29) is 29.8 Å². The van der Waals surface area contributed by atoms with Crippen molar-refractivity contribution in [2.45, 2.75) is 95.7 Å². The van der Waals surface area contributed by atoms with Gasteiger partial charge in [-0.3, -0.25) is 14.5 Å². The molecule has 12 heteroatoms. The Kier molecular flexibility index (Phi) is 14.0. The molecule has 1 aliphatic carbocycles. The van der Waals surface area contributed by atoms with Crippen molar-refractivity contribution in [3.05, 3.63) is 77.0 Å². The topological polar surface area (TPSA) is 129 Å². The van der Waals surface area contributed by atoms with Crippen molar-refractivity contribution < 1.29 is 28.9 Å². The Morgan fingerprint density at radius 2 is 1.88 bits per heavy atom. The molecule has 3 aromatic rings. The van der Waals surface area contributed by atoms with Crippen LogP contribution >= 0.6 is 0 Å². The lowest BCUT2D eigenvalue weighted by Gasteiger charge is -2.47. The first-order valence-electron chi connectivity index (χ1n) is 21.3. The fourth-order valence-corrected chi connectivity index (χ4v) is 8.85. The second-order valence-electron chi connectivity index (χ2n) is 16.6.